The highest BCUT2D eigenvalue weighted by Gasteiger charge is 2.10. The molecule has 0 aromatic heterocycles. The highest BCUT2D eigenvalue weighted by atomic mass is 16.5. The summed E-state index contributed by atoms with van der Waals surface area (Å²) < 4.78 is 9.94. The number of aryl methyl sites for hydroxylation is 1. The van der Waals surface area contributed by atoms with Gasteiger partial charge in [0.15, 0.2) is 5.78 Å². The van der Waals surface area contributed by atoms with Crippen molar-refractivity contribution in [3.8, 4) is 5.75 Å². The monoisotopic (exact) mass is 236 g/mol. The van der Waals surface area contributed by atoms with Crippen LogP contribution in [0.25, 0.3) is 0 Å². The minimum atomic E-state index is -0.509. The zero-order valence-corrected chi connectivity index (χ0v) is 10.1. The van der Waals surface area contributed by atoms with Crippen LogP contribution in [0.1, 0.15) is 18.9 Å². The van der Waals surface area contributed by atoms with Crippen LogP contribution in [0.3, 0.4) is 0 Å². The molecular formula is C13H16O4. The fourth-order valence-electron chi connectivity index (χ4n) is 1.29. The Balaban J connectivity index is 2.35. The molecule has 0 aliphatic rings. The third kappa shape index (κ3) is 5.15. The van der Waals surface area contributed by atoms with Crippen LogP contribution in [0.2, 0.25) is 0 Å². The number of carbonyl (C=O) groups excluding carboxylic acids is 2. The molecule has 4 nitrogen and oxygen atoms in total. The van der Waals surface area contributed by atoms with Crippen LogP contribution < -0.4 is 4.74 Å². The Morgan fingerprint density at radius 3 is 2.71 bits per heavy atom. The Morgan fingerprint density at radius 1 is 1.29 bits per heavy atom. The second-order valence-corrected chi connectivity index (χ2v) is 3.63. The number of ketones is 1. The van der Waals surface area contributed by atoms with E-state index in [0.29, 0.717) is 5.75 Å². The van der Waals surface area contributed by atoms with Gasteiger partial charge in [-0.15, -0.1) is 0 Å². The lowest BCUT2D eigenvalue weighted by Gasteiger charge is -2.05. The molecule has 0 saturated carbocycles. The molecule has 0 aliphatic heterocycles. The number of ether oxygens (including phenoxy) is 2. The summed E-state index contributed by atoms with van der Waals surface area (Å²) in [5, 5.41) is 0. The molecule has 1 rings (SSSR count). The lowest BCUT2D eigenvalue weighted by Crippen LogP contribution is -2.17. The summed E-state index contributed by atoms with van der Waals surface area (Å²) in [4.78, 5) is 22.4. The smallest absolute Gasteiger partial charge is 0.313 e. The number of benzene rings is 1. The van der Waals surface area contributed by atoms with Crippen molar-refractivity contribution in [3.05, 3.63) is 29.8 Å². The lowest BCUT2D eigenvalue weighted by atomic mass is 10.2. The highest BCUT2D eigenvalue weighted by Crippen LogP contribution is 2.12. The third-order valence-electron chi connectivity index (χ3n) is 2.04. The van der Waals surface area contributed by atoms with Crippen LogP contribution in [0, 0.1) is 6.92 Å². The van der Waals surface area contributed by atoms with E-state index in [4.69, 9.17) is 4.74 Å². The number of hydrogen-bond acceptors (Lipinski definition) is 4. The van der Waals surface area contributed by atoms with Gasteiger partial charge in [0.1, 0.15) is 18.8 Å². The molecule has 0 radical (unpaired) electrons. The lowest BCUT2D eigenvalue weighted by molar-refractivity contribution is -0.145. The first-order chi connectivity index (χ1) is 8.11. The summed E-state index contributed by atoms with van der Waals surface area (Å²) in [5.41, 5.74) is 1.06. The molecule has 92 valence electrons. The molecule has 0 amide bonds. The van der Waals surface area contributed by atoms with Crippen molar-refractivity contribution in [2.75, 3.05) is 13.2 Å². The summed E-state index contributed by atoms with van der Waals surface area (Å²) in [6, 6.07) is 7.38. The summed E-state index contributed by atoms with van der Waals surface area (Å²) in [6.45, 7) is 3.81. The van der Waals surface area contributed by atoms with E-state index >= 15 is 0 Å². The van der Waals surface area contributed by atoms with Crippen LogP contribution in [0.4, 0.5) is 0 Å². The van der Waals surface area contributed by atoms with E-state index in [2.05, 4.69) is 4.74 Å². The number of Topliss-reactive ketones (excluding diaryl/α,β-unsaturated/α-hetero) is 1. The zero-order chi connectivity index (χ0) is 12.7. The van der Waals surface area contributed by atoms with Crippen molar-refractivity contribution in [1.82, 2.24) is 0 Å². The SMILES string of the molecule is CCOC(=O)CC(=O)COc1cccc(C)c1. The van der Waals surface area contributed by atoms with Gasteiger partial charge < -0.3 is 9.47 Å². The molecule has 0 saturated heterocycles. The van der Waals surface area contributed by atoms with E-state index in [-0.39, 0.29) is 25.4 Å². The van der Waals surface area contributed by atoms with Crippen molar-refractivity contribution < 1.29 is 19.1 Å². The Bertz CT molecular complexity index is 398. The summed E-state index contributed by atoms with van der Waals surface area (Å²) >= 11 is 0. The molecule has 4 heteroatoms. The Hall–Kier alpha value is -1.84. The predicted octanol–water partition coefficient (Wildman–Crippen LogP) is 1.90. The Labute approximate surface area is 101 Å². The average molecular weight is 236 g/mol. The van der Waals surface area contributed by atoms with Crippen LogP contribution in [-0.4, -0.2) is 25.0 Å². The fraction of sp³-hybridized carbons (Fsp3) is 0.385. The Morgan fingerprint density at radius 2 is 2.06 bits per heavy atom. The summed E-state index contributed by atoms with van der Waals surface area (Å²) in [5.74, 6) is -0.169. The van der Waals surface area contributed by atoms with Crippen molar-refractivity contribution in [2.24, 2.45) is 0 Å². The standard InChI is InChI=1S/C13H16O4/c1-3-16-13(15)8-11(14)9-17-12-6-4-5-10(2)7-12/h4-7H,3,8-9H2,1-2H3. The van der Waals surface area contributed by atoms with E-state index < -0.39 is 5.97 Å². The van der Waals surface area contributed by atoms with Gasteiger partial charge in [-0.05, 0) is 31.5 Å². The van der Waals surface area contributed by atoms with Crippen LogP contribution in [0.15, 0.2) is 24.3 Å². The van der Waals surface area contributed by atoms with Gasteiger partial charge >= 0.3 is 5.97 Å². The number of esters is 1. The maximum absolute atomic E-state index is 11.4. The minimum Gasteiger partial charge on any atom is -0.486 e. The molecule has 1 aromatic rings. The number of rotatable bonds is 6. The molecule has 0 spiro atoms. The van der Waals surface area contributed by atoms with Crippen LogP contribution in [-0.2, 0) is 14.3 Å². The van der Waals surface area contributed by atoms with Crippen LogP contribution >= 0.6 is 0 Å². The van der Waals surface area contributed by atoms with Gasteiger partial charge in [-0.1, -0.05) is 12.1 Å². The van der Waals surface area contributed by atoms with Crippen LogP contribution in [0.5, 0.6) is 5.75 Å². The maximum Gasteiger partial charge on any atom is 0.313 e. The first kappa shape index (κ1) is 13.2. The van der Waals surface area contributed by atoms with E-state index in [9.17, 15) is 9.59 Å². The third-order valence-corrected chi connectivity index (χ3v) is 2.04. The maximum atomic E-state index is 11.4. The zero-order valence-electron chi connectivity index (χ0n) is 10.1. The second-order valence-electron chi connectivity index (χ2n) is 3.63. The van der Waals surface area contributed by atoms with Crippen molar-refractivity contribution in [1.29, 1.82) is 0 Å². The predicted molar refractivity (Wildman–Crippen MR) is 62.9 cm³/mol. The molecular weight excluding hydrogens is 220 g/mol. The molecule has 0 bridgehead atoms. The number of hydrogen-bond donors (Lipinski definition) is 0. The molecule has 17 heavy (non-hydrogen) atoms. The van der Waals surface area contributed by atoms with Gasteiger partial charge in [0.2, 0.25) is 0 Å². The molecule has 0 unspecified atom stereocenters. The normalized spacial score (nSPS) is 9.76. The molecule has 1 aromatic carbocycles. The van der Waals surface area contributed by atoms with Gasteiger partial charge in [-0.3, -0.25) is 9.59 Å². The largest absolute Gasteiger partial charge is 0.486 e. The van der Waals surface area contributed by atoms with Gasteiger partial charge in [0.25, 0.3) is 0 Å². The molecule has 0 atom stereocenters. The van der Waals surface area contributed by atoms with E-state index in [1.54, 1.807) is 13.0 Å². The molecule has 0 heterocycles. The highest BCUT2D eigenvalue weighted by molar-refractivity contribution is 5.96. The molecule has 0 fully saturated rings. The van der Waals surface area contributed by atoms with Gasteiger partial charge in [0.05, 0.1) is 6.61 Å². The summed E-state index contributed by atoms with van der Waals surface area (Å²) in [6.07, 6.45) is -0.236. The first-order valence-electron chi connectivity index (χ1n) is 5.48. The van der Waals surface area contributed by atoms with Crippen molar-refractivity contribution in [3.63, 3.8) is 0 Å². The topological polar surface area (TPSA) is 52.6 Å². The quantitative estimate of drug-likeness (QED) is 0.559. The second kappa shape index (κ2) is 6.68. The van der Waals surface area contributed by atoms with Crippen molar-refractivity contribution in [2.45, 2.75) is 20.3 Å². The van der Waals surface area contributed by atoms with E-state index in [1.165, 1.54) is 0 Å². The van der Waals surface area contributed by atoms with Gasteiger partial charge in [-0.2, -0.15) is 0 Å². The van der Waals surface area contributed by atoms with Crippen molar-refractivity contribution >= 4 is 11.8 Å². The van der Waals surface area contributed by atoms with Gasteiger partial charge in [-0.25, -0.2) is 0 Å². The molecule has 0 aliphatic carbocycles. The molecule has 0 N–H and O–H groups in total. The minimum absolute atomic E-state index is 0.109. The average Bonchev–Trinajstić information content (AvgIpc) is 2.27. The van der Waals surface area contributed by atoms with E-state index in [0.717, 1.165) is 5.56 Å². The van der Waals surface area contributed by atoms with Gasteiger partial charge in [0, 0.05) is 0 Å². The summed E-state index contributed by atoms with van der Waals surface area (Å²) in [7, 11) is 0. The fourth-order valence-corrected chi connectivity index (χ4v) is 1.29. The van der Waals surface area contributed by atoms with E-state index in [1.807, 2.05) is 25.1 Å². The first-order valence-corrected chi connectivity index (χ1v) is 5.48. The number of carbonyl (C=O) groups is 2. The Kier molecular flexibility index (Phi) is 5.20.